The summed E-state index contributed by atoms with van der Waals surface area (Å²) in [6.45, 7) is 0. The fourth-order valence-electron chi connectivity index (χ4n) is 1.49. The van der Waals surface area contributed by atoms with E-state index in [1.807, 2.05) is 0 Å². The van der Waals surface area contributed by atoms with E-state index in [0.717, 1.165) is 6.07 Å². The molecule has 2 aromatic rings. The molecule has 0 saturated heterocycles. The molecular weight excluding hydrogens is 207 g/mol. The van der Waals surface area contributed by atoms with Crippen LogP contribution in [0.2, 0.25) is 0 Å². The second kappa shape index (κ2) is 3.12. The van der Waals surface area contributed by atoms with Gasteiger partial charge in [-0.15, -0.1) is 0 Å². The highest BCUT2D eigenvalue weighted by Crippen LogP contribution is 2.34. The van der Waals surface area contributed by atoms with Gasteiger partial charge in [0, 0.05) is 10.9 Å². The Kier molecular flexibility index (Phi) is 2.03. The Labute approximate surface area is 82.7 Å². The van der Waals surface area contributed by atoms with Crippen LogP contribution >= 0.6 is 0 Å². The van der Waals surface area contributed by atoms with Crippen molar-refractivity contribution in [2.75, 3.05) is 0 Å². The quantitative estimate of drug-likeness (QED) is 0.725. The highest BCUT2D eigenvalue weighted by atomic mass is 19.4. The maximum atomic E-state index is 12.5. The van der Waals surface area contributed by atoms with Crippen LogP contribution in [0.1, 0.15) is 16.1 Å². The van der Waals surface area contributed by atoms with Crippen LogP contribution in [0.3, 0.4) is 0 Å². The molecule has 0 radical (unpaired) electrons. The number of halogens is 3. The van der Waals surface area contributed by atoms with Gasteiger partial charge in [0.1, 0.15) is 0 Å². The lowest BCUT2D eigenvalue weighted by atomic mass is 10.1. The zero-order valence-corrected chi connectivity index (χ0v) is 7.43. The van der Waals surface area contributed by atoms with E-state index in [1.54, 1.807) is 0 Å². The number of fused-ring (bicyclic) bond motifs is 1. The first-order valence-corrected chi connectivity index (χ1v) is 4.16. The lowest BCUT2D eigenvalue weighted by Crippen LogP contribution is -2.04. The van der Waals surface area contributed by atoms with E-state index in [0.29, 0.717) is 11.8 Å². The third-order valence-corrected chi connectivity index (χ3v) is 2.12. The molecule has 15 heavy (non-hydrogen) atoms. The number of hydrogen-bond donors (Lipinski definition) is 1. The first kappa shape index (κ1) is 9.76. The Balaban J connectivity index is 2.75. The van der Waals surface area contributed by atoms with E-state index in [2.05, 4.69) is 4.98 Å². The maximum Gasteiger partial charge on any atom is 0.417 e. The molecule has 1 aromatic heterocycles. The number of H-pyrrole nitrogens is 1. The van der Waals surface area contributed by atoms with Crippen LogP contribution in [0.4, 0.5) is 13.2 Å². The zero-order chi connectivity index (χ0) is 11.1. The molecule has 1 N–H and O–H groups in total. The van der Waals surface area contributed by atoms with Gasteiger partial charge in [-0.3, -0.25) is 4.79 Å². The monoisotopic (exact) mass is 213 g/mol. The highest BCUT2D eigenvalue weighted by molar-refractivity contribution is 5.90. The van der Waals surface area contributed by atoms with E-state index in [4.69, 9.17) is 0 Å². The van der Waals surface area contributed by atoms with Crippen LogP contribution in [0.15, 0.2) is 24.3 Å². The van der Waals surface area contributed by atoms with Gasteiger partial charge in [0.15, 0.2) is 6.29 Å². The van der Waals surface area contributed by atoms with Crippen LogP contribution in [0.25, 0.3) is 10.9 Å². The number of carbonyl (C=O) groups is 1. The average Bonchev–Trinajstić information content (AvgIpc) is 2.57. The normalized spacial score (nSPS) is 11.9. The molecule has 0 bridgehead atoms. The van der Waals surface area contributed by atoms with Crippen molar-refractivity contribution in [3.8, 4) is 0 Å². The minimum Gasteiger partial charge on any atom is -0.352 e. The Hall–Kier alpha value is -1.78. The summed E-state index contributed by atoms with van der Waals surface area (Å²) >= 11 is 0. The van der Waals surface area contributed by atoms with Gasteiger partial charge in [-0.25, -0.2) is 0 Å². The van der Waals surface area contributed by atoms with Crippen molar-refractivity contribution in [1.82, 2.24) is 4.98 Å². The molecule has 0 amide bonds. The average molecular weight is 213 g/mol. The van der Waals surface area contributed by atoms with Crippen molar-refractivity contribution in [3.63, 3.8) is 0 Å². The molecule has 5 heteroatoms. The van der Waals surface area contributed by atoms with Crippen LogP contribution in [0.5, 0.6) is 0 Å². The third-order valence-electron chi connectivity index (χ3n) is 2.12. The second-order valence-corrected chi connectivity index (χ2v) is 3.11. The number of aromatic amines is 1. The van der Waals surface area contributed by atoms with Gasteiger partial charge in [-0.1, -0.05) is 6.07 Å². The van der Waals surface area contributed by atoms with E-state index < -0.39 is 11.7 Å². The lowest BCUT2D eigenvalue weighted by molar-refractivity contribution is -0.136. The van der Waals surface area contributed by atoms with Gasteiger partial charge in [0.25, 0.3) is 0 Å². The van der Waals surface area contributed by atoms with Crippen molar-refractivity contribution < 1.29 is 18.0 Å². The Morgan fingerprint density at radius 2 is 2.00 bits per heavy atom. The maximum absolute atomic E-state index is 12.5. The number of carbonyl (C=O) groups excluding carboxylic acids is 1. The topological polar surface area (TPSA) is 32.9 Å². The summed E-state index contributed by atoms with van der Waals surface area (Å²) in [5.41, 5.74) is -0.280. The molecular formula is C10H6F3NO. The number of aromatic nitrogens is 1. The number of rotatable bonds is 1. The van der Waals surface area contributed by atoms with Gasteiger partial charge in [-0.05, 0) is 18.2 Å². The van der Waals surface area contributed by atoms with Crippen LogP contribution in [-0.2, 0) is 6.18 Å². The van der Waals surface area contributed by atoms with Gasteiger partial charge in [0.05, 0.1) is 11.3 Å². The van der Waals surface area contributed by atoms with E-state index in [-0.39, 0.29) is 11.1 Å². The van der Waals surface area contributed by atoms with Gasteiger partial charge in [0.2, 0.25) is 0 Å². The van der Waals surface area contributed by atoms with E-state index >= 15 is 0 Å². The zero-order valence-electron chi connectivity index (χ0n) is 7.43. The van der Waals surface area contributed by atoms with Crippen molar-refractivity contribution >= 4 is 17.2 Å². The highest BCUT2D eigenvalue weighted by Gasteiger charge is 2.32. The number of hydrogen-bond acceptors (Lipinski definition) is 1. The van der Waals surface area contributed by atoms with Crippen LogP contribution in [0, 0.1) is 0 Å². The number of nitrogens with one attached hydrogen (secondary N) is 1. The molecule has 0 saturated carbocycles. The van der Waals surface area contributed by atoms with Crippen molar-refractivity contribution in [3.05, 3.63) is 35.5 Å². The van der Waals surface area contributed by atoms with E-state index in [1.165, 1.54) is 18.2 Å². The molecule has 0 unspecified atom stereocenters. The molecule has 2 nitrogen and oxygen atoms in total. The van der Waals surface area contributed by atoms with Gasteiger partial charge >= 0.3 is 6.18 Å². The molecule has 0 fully saturated rings. The first-order valence-electron chi connectivity index (χ1n) is 4.16. The molecule has 1 aromatic carbocycles. The third kappa shape index (κ3) is 1.60. The first-order chi connectivity index (χ1) is 7.02. The molecule has 0 aliphatic rings. The molecule has 0 atom stereocenters. The van der Waals surface area contributed by atoms with Crippen LogP contribution < -0.4 is 0 Å². The lowest BCUT2D eigenvalue weighted by Gasteiger charge is -2.06. The van der Waals surface area contributed by atoms with Gasteiger partial charge < -0.3 is 4.98 Å². The predicted octanol–water partition coefficient (Wildman–Crippen LogP) is 3.00. The summed E-state index contributed by atoms with van der Waals surface area (Å²) in [6, 6.07) is 4.99. The summed E-state index contributed by atoms with van der Waals surface area (Å²) < 4.78 is 37.6. The van der Waals surface area contributed by atoms with Crippen molar-refractivity contribution in [1.29, 1.82) is 0 Å². The Bertz CT molecular complexity index is 513. The Morgan fingerprint density at radius 3 is 2.60 bits per heavy atom. The predicted molar refractivity (Wildman–Crippen MR) is 48.7 cm³/mol. The van der Waals surface area contributed by atoms with Gasteiger partial charge in [-0.2, -0.15) is 13.2 Å². The molecule has 1 heterocycles. The minimum absolute atomic E-state index is 0.0205. The summed E-state index contributed by atoms with van der Waals surface area (Å²) in [4.78, 5) is 13.0. The smallest absolute Gasteiger partial charge is 0.352 e. The minimum atomic E-state index is -4.40. The fourth-order valence-corrected chi connectivity index (χ4v) is 1.49. The van der Waals surface area contributed by atoms with Crippen molar-refractivity contribution in [2.24, 2.45) is 0 Å². The van der Waals surface area contributed by atoms with Crippen molar-refractivity contribution in [2.45, 2.75) is 6.18 Å². The fraction of sp³-hybridized carbons (Fsp3) is 0.100. The molecule has 0 aliphatic heterocycles. The Morgan fingerprint density at radius 1 is 1.27 bits per heavy atom. The van der Waals surface area contributed by atoms with Crippen LogP contribution in [-0.4, -0.2) is 11.3 Å². The number of benzene rings is 1. The molecule has 0 spiro atoms. The molecule has 78 valence electrons. The summed E-state index contributed by atoms with van der Waals surface area (Å²) in [5.74, 6) is 0. The summed E-state index contributed by atoms with van der Waals surface area (Å²) in [5, 5.41) is 0.0205. The molecule has 0 aliphatic carbocycles. The number of alkyl halides is 3. The summed E-state index contributed by atoms with van der Waals surface area (Å²) in [6.07, 6.45) is -3.91. The number of aldehydes is 1. The SMILES string of the molecule is O=Cc1cc2c(C(F)(F)F)cccc2[nH]1. The molecule has 2 rings (SSSR count). The standard InChI is InChI=1S/C10H6F3NO/c11-10(12,13)8-2-1-3-9-7(8)4-6(5-15)14-9/h1-5,14H. The second-order valence-electron chi connectivity index (χ2n) is 3.11. The largest absolute Gasteiger partial charge is 0.417 e. The summed E-state index contributed by atoms with van der Waals surface area (Å²) in [7, 11) is 0. The van der Waals surface area contributed by atoms with E-state index in [9.17, 15) is 18.0 Å².